The van der Waals surface area contributed by atoms with Crippen LogP contribution in [-0.2, 0) is 5.41 Å². The van der Waals surface area contributed by atoms with Crippen LogP contribution >= 0.6 is 0 Å². The molecule has 2 aromatic heterocycles. The average molecular weight is 644 g/mol. The smallest absolute Gasteiger partial charge is 0.164 e. The van der Waals surface area contributed by atoms with Gasteiger partial charge in [0.1, 0.15) is 0 Å². The standard InChI is InChI=1S/C45H32N4.CH3/c1-45(2)38-24-13-12-23-34(38)36-26-37-35(27-40(29-15-6-3-7-16-29)46-41(37)28-39(36)45)32-21-14-22-33(25-32)44-48-42(30-17-8-4-9-18-30)47-43(49-44)31-19-10-5-11-20-31;/h3-28H,1-2H3;1H3/q;-1. The molecule has 4 nitrogen and oxygen atoms in total. The third-order valence-corrected chi connectivity index (χ3v) is 9.71. The van der Waals surface area contributed by atoms with E-state index in [0.717, 1.165) is 50.0 Å². The zero-order chi connectivity index (χ0) is 33.0. The molecule has 8 aromatic rings. The lowest BCUT2D eigenvalue weighted by Gasteiger charge is -2.22. The maximum Gasteiger partial charge on any atom is 0.164 e. The van der Waals surface area contributed by atoms with E-state index in [2.05, 4.69) is 105 Å². The molecule has 4 heteroatoms. The number of rotatable bonds is 5. The molecule has 1 aliphatic rings. The molecule has 0 fully saturated rings. The Kier molecular flexibility index (Phi) is 7.65. The van der Waals surface area contributed by atoms with Gasteiger partial charge in [0.25, 0.3) is 0 Å². The predicted molar refractivity (Wildman–Crippen MR) is 206 cm³/mol. The Labute approximate surface area is 293 Å². The van der Waals surface area contributed by atoms with Crippen molar-refractivity contribution in [3.05, 3.63) is 176 Å². The molecule has 0 unspecified atom stereocenters. The summed E-state index contributed by atoms with van der Waals surface area (Å²) in [5.41, 5.74) is 13.2. The van der Waals surface area contributed by atoms with Crippen LogP contribution in [0, 0.1) is 7.43 Å². The second-order valence-corrected chi connectivity index (χ2v) is 13.1. The quantitative estimate of drug-likeness (QED) is 0.175. The summed E-state index contributed by atoms with van der Waals surface area (Å²) in [7, 11) is 0. The van der Waals surface area contributed by atoms with Crippen molar-refractivity contribution in [3.63, 3.8) is 0 Å². The van der Waals surface area contributed by atoms with Gasteiger partial charge in [-0.15, -0.1) is 0 Å². The third kappa shape index (κ3) is 5.26. The van der Waals surface area contributed by atoms with Crippen LogP contribution in [0.25, 0.3) is 78.6 Å². The maximum absolute atomic E-state index is 5.28. The number of nitrogens with zero attached hydrogens (tertiary/aromatic N) is 4. The molecule has 0 bridgehead atoms. The molecule has 1 aliphatic carbocycles. The van der Waals surface area contributed by atoms with Crippen LogP contribution in [0.15, 0.2) is 158 Å². The van der Waals surface area contributed by atoms with Crippen LogP contribution < -0.4 is 0 Å². The molecule has 6 aromatic carbocycles. The number of aromatic nitrogens is 4. The number of benzene rings is 6. The zero-order valence-electron chi connectivity index (χ0n) is 28.3. The van der Waals surface area contributed by atoms with Gasteiger partial charge < -0.3 is 7.43 Å². The molecule has 50 heavy (non-hydrogen) atoms. The van der Waals surface area contributed by atoms with Crippen LogP contribution in [0.4, 0.5) is 0 Å². The highest BCUT2D eigenvalue weighted by atomic mass is 15.0. The minimum atomic E-state index is -0.115. The number of pyridine rings is 1. The molecular weight excluding hydrogens is 609 g/mol. The van der Waals surface area contributed by atoms with E-state index in [1.165, 1.54) is 22.3 Å². The van der Waals surface area contributed by atoms with E-state index in [9.17, 15) is 0 Å². The predicted octanol–water partition coefficient (Wildman–Crippen LogP) is 11.5. The van der Waals surface area contributed by atoms with E-state index >= 15 is 0 Å². The summed E-state index contributed by atoms with van der Waals surface area (Å²) in [6.07, 6.45) is 0. The molecular formula is C46H35N4-. The lowest BCUT2D eigenvalue weighted by molar-refractivity contribution is 0.661. The normalized spacial score (nSPS) is 12.6. The third-order valence-electron chi connectivity index (χ3n) is 9.71. The van der Waals surface area contributed by atoms with Gasteiger partial charge in [-0.1, -0.05) is 147 Å². The van der Waals surface area contributed by atoms with Gasteiger partial charge in [-0.25, -0.2) is 19.9 Å². The fraction of sp³-hybridized carbons (Fsp3) is 0.0652. The van der Waals surface area contributed by atoms with E-state index in [1.807, 2.05) is 66.7 Å². The van der Waals surface area contributed by atoms with Gasteiger partial charge in [0.2, 0.25) is 0 Å². The number of hydrogen-bond donors (Lipinski definition) is 0. The van der Waals surface area contributed by atoms with Gasteiger partial charge in [0, 0.05) is 33.1 Å². The SMILES string of the molecule is CC1(C)c2ccccc2-c2cc3c(-c4cccc(-c5nc(-c6ccccc6)nc(-c6ccccc6)n5)c4)cc(-c4ccccc4)nc3cc21.[CH3-]. The molecule has 0 saturated heterocycles. The molecule has 0 aliphatic heterocycles. The lowest BCUT2D eigenvalue weighted by Crippen LogP contribution is -2.14. The van der Waals surface area contributed by atoms with E-state index in [-0.39, 0.29) is 12.8 Å². The Morgan fingerprint density at radius 2 is 0.900 bits per heavy atom. The summed E-state index contributed by atoms with van der Waals surface area (Å²) in [4.78, 5) is 20.2. The summed E-state index contributed by atoms with van der Waals surface area (Å²) in [5.74, 6) is 1.92. The molecule has 9 rings (SSSR count). The molecule has 0 atom stereocenters. The zero-order valence-corrected chi connectivity index (χ0v) is 28.3. The summed E-state index contributed by atoms with van der Waals surface area (Å²) in [6, 6.07) is 54.9. The van der Waals surface area contributed by atoms with Gasteiger partial charge in [-0.05, 0) is 57.6 Å². The fourth-order valence-corrected chi connectivity index (χ4v) is 7.18. The second-order valence-electron chi connectivity index (χ2n) is 13.1. The highest BCUT2D eigenvalue weighted by molar-refractivity contribution is 6.02. The maximum atomic E-state index is 5.28. The minimum absolute atomic E-state index is 0. The first-order valence-electron chi connectivity index (χ1n) is 16.7. The van der Waals surface area contributed by atoms with E-state index in [4.69, 9.17) is 19.9 Å². The van der Waals surface area contributed by atoms with Crippen LogP contribution in [0.5, 0.6) is 0 Å². The summed E-state index contributed by atoms with van der Waals surface area (Å²) in [6.45, 7) is 4.63. The van der Waals surface area contributed by atoms with Crippen molar-refractivity contribution >= 4 is 10.9 Å². The van der Waals surface area contributed by atoms with Crippen molar-refractivity contribution in [2.24, 2.45) is 0 Å². The summed E-state index contributed by atoms with van der Waals surface area (Å²) >= 11 is 0. The van der Waals surface area contributed by atoms with Crippen molar-refractivity contribution in [1.29, 1.82) is 0 Å². The highest BCUT2D eigenvalue weighted by Crippen LogP contribution is 2.50. The van der Waals surface area contributed by atoms with Crippen molar-refractivity contribution < 1.29 is 0 Å². The Morgan fingerprint density at radius 3 is 1.54 bits per heavy atom. The molecule has 0 N–H and O–H groups in total. The summed E-state index contributed by atoms with van der Waals surface area (Å²) < 4.78 is 0. The Morgan fingerprint density at radius 1 is 0.380 bits per heavy atom. The molecule has 240 valence electrons. The van der Waals surface area contributed by atoms with Crippen molar-refractivity contribution in [1.82, 2.24) is 19.9 Å². The van der Waals surface area contributed by atoms with Crippen LogP contribution in [0.2, 0.25) is 0 Å². The van der Waals surface area contributed by atoms with E-state index < -0.39 is 0 Å². The molecule has 0 radical (unpaired) electrons. The van der Waals surface area contributed by atoms with Crippen molar-refractivity contribution in [2.45, 2.75) is 19.3 Å². The van der Waals surface area contributed by atoms with Gasteiger partial charge in [0.15, 0.2) is 17.5 Å². The van der Waals surface area contributed by atoms with Crippen LogP contribution in [-0.4, -0.2) is 19.9 Å². The Balaban J connectivity index is 0.00000361. The largest absolute Gasteiger partial charge is 0.358 e. The van der Waals surface area contributed by atoms with Crippen LogP contribution in [0.3, 0.4) is 0 Å². The Bertz CT molecular complexity index is 2450. The number of hydrogen-bond acceptors (Lipinski definition) is 4. The molecule has 2 heterocycles. The highest BCUT2D eigenvalue weighted by Gasteiger charge is 2.35. The molecule has 0 saturated carbocycles. The monoisotopic (exact) mass is 643 g/mol. The minimum Gasteiger partial charge on any atom is -0.358 e. The topological polar surface area (TPSA) is 51.6 Å². The Hall–Kier alpha value is -6.26. The van der Waals surface area contributed by atoms with E-state index in [1.54, 1.807) is 0 Å². The van der Waals surface area contributed by atoms with Gasteiger partial charge in [0.05, 0.1) is 11.2 Å². The molecule has 0 amide bonds. The first-order chi connectivity index (χ1) is 24.0. The lowest BCUT2D eigenvalue weighted by atomic mass is 9.82. The average Bonchev–Trinajstić information content (AvgIpc) is 3.39. The number of fused-ring (bicyclic) bond motifs is 4. The van der Waals surface area contributed by atoms with Crippen molar-refractivity contribution in [3.8, 4) is 67.7 Å². The van der Waals surface area contributed by atoms with Crippen molar-refractivity contribution in [2.75, 3.05) is 0 Å². The fourth-order valence-electron chi connectivity index (χ4n) is 7.18. The first kappa shape index (κ1) is 31.0. The second kappa shape index (κ2) is 12.3. The van der Waals surface area contributed by atoms with Gasteiger partial charge in [-0.2, -0.15) is 0 Å². The summed E-state index contributed by atoms with van der Waals surface area (Å²) in [5, 5.41) is 1.12. The van der Waals surface area contributed by atoms with E-state index in [0.29, 0.717) is 17.5 Å². The van der Waals surface area contributed by atoms with Gasteiger partial charge >= 0.3 is 0 Å². The first-order valence-corrected chi connectivity index (χ1v) is 16.7. The van der Waals surface area contributed by atoms with Crippen LogP contribution in [0.1, 0.15) is 25.0 Å². The molecule has 0 spiro atoms. The van der Waals surface area contributed by atoms with Gasteiger partial charge in [-0.3, -0.25) is 0 Å².